The summed E-state index contributed by atoms with van der Waals surface area (Å²) in [5.74, 6) is -0.0197. The summed E-state index contributed by atoms with van der Waals surface area (Å²) in [5.41, 5.74) is 3.57. The van der Waals surface area contributed by atoms with Crippen molar-refractivity contribution in [2.75, 3.05) is 4.90 Å². The maximum atomic E-state index is 12.7. The molecule has 0 aliphatic heterocycles. The van der Waals surface area contributed by atoms with Gasteiger partial charge in [-0.2, -0.15) is 0 Å². The fourth-order valence-corrected chi connectivity index (χ4v) is 4.56. The molecule has 1 heterocycles. The van der Waals surface area contributed by atoms with Crippen molar-refractivity contribution in [1.82, 2.24) is 9.97 Å². The molecule has 164 valence electrons. The van der Waals surface area contributed by atoms with Crippen LogP contribution in [0.25, 0.3) is 0 Å². The standard InChI is InChI=1S/C28H25N3O2/c1-18-8-11-22(12-9-18)31(21-6-4-3-5-7-21)24-13-10-20(16-19(24)2)17-23-27(32)25-26(28(23)33)30-15-14-29-25/h3-8,10-19,24H,9H2,1-2H3. The lowest BCUT2D eigenvalue weighted by Gasteiger charge is -2.38. The molecule has 5 heteroatoms. The van der Waals surface area contributed by atoms with Gasteiger partial charge in [0.05, 0.1) is 11.6 Å². The molecule has 3 unspecified atom stereocenters. The lowest BCUT2D eigenvalue weighted by molar-refractivity contribution is 0.0986. The molecule has 1 aromatic heterocycles. The summed E-state index contributed by atoms with van der Waals surface area (Å²) in [6, 6.07) is 10.5. The van der Waals surface area contributed by atoms with E-state index in [0.29, 0.717) is 5.92 Å². The van der Waals surface area contributed by atoms with E-state index in [1.165, 1.54) is 18.1 Å². The Kier molecular flexibility index (Phi) is 5.47. The minimum Gasteiger partial charge on any atom is -0.334 e. The van der Waals surface area contributed by atoms with Gasteiger partial charge in [0.25, 0.3) is 0 Å². The first kappa shape index (κ1) is 21.0. The molecule has 33 heavy (non-hydrogen) atoms. The number of nitrogens with zero attached hydrogens (tertiary/aromatic N) is 3. The Morgan fingerprint density at radius 3 is 2.24 bits per heavy atom. The minimum atomic E-state index is -0.357. The Balaban J connectivity index is 1.45. The first-order valence-electron chi connectivity index (χ1n) is 11.3. The topological polar surface area (TPSA) is 63.2 Å². The highest BCUT2D eigenvalue weighted by Gasteiger charge is 2.36. The zero-order chi connectivity index (χ0) is 22.9. The molecule has 5 rings (SSSR count). The third-order valence-electron chi connectivity index (χ3n) is 6.31. The van der Waals surface area contributed by atoms with E-state index in [1.807, 2.05) is 12.1 Å². The summed E-state index contributed by atoms with van der Waals surface area (Å²) in [7, 11) is 0. The smallest absolute Gasteiger partial charge is 0.217 e. The van der Waals surface area contributed by atoms with Crippen molar-refractivity contribution in [2.45, 2.75) is 26.3 Å². The molecular weight excluding hydrogens is 410 g/mol. The van der Waals surface area contributed by atoms with Crippen LogP contribution in [0.1, 0.15) is 41.2 Å². The van der Waals surface area contributed by atoms with E-state index >= 15 is 0 Å². The van der Waals surface area contributed by atoms with Gasteiger partial charge < -0.3 is 4.90 Å². The van der Waals surface area contributed by atoms with Crippen molar-refractivity contribution in [2.24, 2.45) is 11.8 Å². The SMILES string of the molecule is CC1C=CC(N(c2ccccc2)C2C=CC(C=C3C(=O)c4nccnc4C3=O)=CC2C)=CC1. The van der Waals surface area contributed by atoms with E-state index < -0.39 is 0 Å². The van der Waals surface area contributed by atoms with Crippen molar-refractivity contribution in [1.29, 1.82) is 0 Å². The van der Waals surface area contributed by atoms with Crippen molar-refractivity contribution >= 4 is 17.3 Å². The summed E-state index contributed by atoms with van der Waals surface area (Å²) in [5, 5.41) is 0. The number of carbonyl (C=O) groups excluding carboxylic acids is 2. The Hall–Kier alpha value is -3.86. The summed E-state index contributed by atoms with van der Waals surface area (Å²) in [4.78, 5) is 35.8. The van der Waals surface area contributed by atoms with Crippen LogP contribution in [-0.2, 0) is 0 Å². The van der Waals surface area contributed by atoms with Gasteiger partial charge in [0.2, 0.25) is 11.6 Å². The number of hydrogen-bond donors (Lipinski definition) is 0. The lowest BCUT2D eigenvalue weighted by atomic mass is 9.89. The summed E-state index contributed by atoms with van der Waals surface area (Å²) >= 11 is 0. The Morgan fingerprint density at radius 2 is 1.64 bits per heavy atom. The van der Waals surface area contributed by atoms with E-state index in [9.17, 15) is 9.59 Å². The van der Waals surface area contributed by atoms with Crippen LogP contribution in [0.2, 0.25) is 0 Å². The van der Waals surface area contributed by atoms with Gasteiger partial charge in [0.1, 0.15) is 11.4 Å². The number of para-hydroxylation sites is 1. The number of Topliss-reactive ketones (excluding diaryl/α,β-unsaturated/α-hetero) is 2. The first-order chi connectivity index (χ1) is 16.0. The van der Waals surface area contributed by atoms with Gasteiger partial charge in [0.15, 0.2) is 0 Å². The number of aromatic nitrogens is 2. The molecule has 3 atom stereocenters. The molecule has 1 aromatic carbocycles. The molecule has 0 saturated heterocycles. The second-order valence-corrected chi connectivity index (χ2v) is 8.75. The maximum absolute atomic E-state index is 12.7. The highest BCUT2D eigenvalue weighted by molar-refractivity contribution is 6.38. The van der Waals surface area contributed by atoms with Crippen LogP contribution in [0.15, 0.2) is 102 Å². The van der Waals surface area contributed by atoms with Gasteiger partial charge in [-0.15, -0.1) is 0 Å². The maximum Gasteiger partial charge on any atom is 0.217 e. The fraction of sp³-hybridized carbons (Fsp3) is 0.214. The van der Waals surface area contributed by atoms with Crippen LogP contribution < -0.4 is 4.90 Å². The van der Waals surface area contributed by atoms with Gasteiger partial charge >= 0.3 is 0 Å². The number of allylic oxidation sites excluding steroid dienone is 7. The van der Waals surface area contributed by atoms with E-state index in [2.05, 4.69) is 83.4 Å². The van der Waals surface area contributed by atoms with Crippen molar-refractivity contribution in [3.8, 4) is 0 Å². The molecule has 3 aliphatic rings. The predicted octanol–water partition coefficient (Wildman–Crippen LogP) is 5.27. The number of rotatable bonds is 4. The molecule has 0 saturated carbocycles. The van der Waals surface area contributed by atoms with E-state index in [4.69, 9.17) is 0 Å². The third kappa shape index (κ3) is 3.91. The Bertz CT molecular complexity index is 1230. The van der Waals surface area contributed by atoms with Crippen LogP contribution in [0.5, 0.6) is 0 Å². The van der Waals surface area contributed by atoms with E-state index in [-0.39, 0.29) is 40.5 Å². The van der Waals surface area contributed by atoms with E-state index in [1.54, 1.807) is 6.08 Å². The number of carbonyl (C=O) groups is 2. The minimum absolute atomic E-state index is 0.106. The summed E-state index contributed by atoms with van der Waals surface area (Å²) in [6.45, 7) is 4.38. The molecule has 0 bridgehead atoms. The zero-order valence-corrected chi connectivity index (χ0v) is 18.7. The first-order valence-corrected chi connectivity index (χ1v) is 11.3. The average Bonchev–Trinajstić information content (AvgIpc) is 3.07. The van der Waals surface area contributed by atoms with Crippen LogP contribution >= 0.6 is 0 Å². The number of anilines is 1. The molecular formula is C28H25N3O2. The normalized spacial score (nSPS) is 23.8. The molecule has 3 aliphatic carbocycles. The molecule has 0 N–H and O–H groups in total. The third-order valence-corrected chi connectivity index (χ3v) is 6.31. The summed E-state index contributed by atoms with van der Waals surface area (Å²) < 4.78 is 0. The van der Waals surface area contributed by atoms with Gasteiger partial charge in [-0.1, -0.05) is 62.4 Å². The highest BCUT2D eigenvalue weighted by Crippen LogP contribution is 2.33. The Morgan fingerprint density at radius 1 is 0.939 bits per heavy atom. The summed E-state index contributed by atoms with van der Waals surface area (Å²) in [6.07, 6.45) is 18.6. The second-order valence-electron chi connectivity index (χ2n) is 8.75. The molecule has 5 nitrogen and oxygen atoms in total. The van der Waals surface area contributed by atoms with Crippen molar-refractivity contribution in [3.63, 3.8) is 0 Å². The zero-order valence-electron chi connectivity index (χ0n) is 18.7. The van der Waals surface area contributed by atoms with Crippen LogP contribution in [0.3, 0.4) is 0 Å². The van der Waals surface area contributed by atoms with Crippen molar-refractivity contribution in [3.05, 3.63) is 113 Å². The molecule has 0 fully saturated rings. The van der Waals surface area contributed by atoms with Gasteiger partial charge in [-0.3, -0.25) is 9.59 Å². The van der Waals surface area contributed by atoms with Gasteiger partial charge in [0, 0.05) is 23.8 Å². The van der Waals surface area contributed by atoms with Crippen molar-refractivity contribution < 1.29 is 9.59 Å². The number of ketones is 2. The number of fused-ring (bicyclic) bond motifs is 1. The highest BCUT2D eigenvalue weighted by atomic mass is 16.2. The Labute approximate surface area is 193 Å². The quantitative estimate of drug-likeness (QED) is 0.484. The number of hydrogen-bond acceptors (Lipinski definition) is 5. The lowest BCUT2D eigenvalue weighted by Crippen LogP contribution is -2.38. The van der Waals surface area contributed by atoms with Crippen LogP contribution in [0, 0.1) is 11.8 Å². The fourth-order valence-electron chi connectivity index (χ4n) is 4.56. The predicted molar refractivity (Wildman–Crippen MR) is 129 cm³/mol. The van der Waals surface area contributed by atoms with Crippen LogP contribution in [0.4, 0.5) is 5.69 Å². The average molecular weight is 436 g/mol. The molecule has 0 amide bonds. The molecule has 0 radical (unpaired) electrons. The van der Waals surface area contributed by atoms with Gasteiger partial charge in [-0.25, -0.2) is 9.97 Å². The molecule has 2 aromatic rings. The van der Waals surface area contributed by atoms with Gasteiger partial charge in [-0.05, 0) is 48.1 Å². The second kappa shape index (κ2) is 8.58. The number of benzene rings is 1. The van der Waals surface area contributed by atoms with Crippen LogP contribution in [-0.4, -0.2) is 27.6 Å². The van der Waals surface area contributed by atoms with E-state index in [0.717, 1.165) is 17.7 Å². The molecule has 0 spiro atoms. The largest absolute Gasteiger partial charge is 0.334 e. The monoisotopic (exact) mass is 435 g/mol.